The summed E-state index contributed by atoms with van der Waals surface area (Å²) in [6.07, 6.45) is -0.313. The molecule has 1 fully saturated rings. The molecule has 186 valence electrons. The molecule has 3 aromatic carbocycles. The third-order valence-electron chi connectivity index (χ3n) is 5.67. The molecule has 9 nitrogen and oxygen atoms in total. The van der Waals surface area contributed by atoms with Gasteiger partial charge >= 0.3 is 5.97 Å². The molecule has 1 atom stereocenters. The van der Waals surface area contributed by atoms with Gasteiger partial charge in [0.25, 0.3) is 5.91 Å². The van der Waals surface area contributed by atoms with E-state index in [9.17, 15) is 22.8 Å². The number of rotatable bonds is 8. The molecule has 1 heterocycles. The van der Waals surface area contributed by atoms with Crippen LogP contribution in [0, 0.1) is 0 Å². The van der Waals surface area contributed by atoms with E-state index in [-0.39, 0.29) is 29.3 Å². The maximum atomic E-state index is 13.7. The van der Waals surface area contributed by atoms with Gasteiger partial charge in [0.05, 0.1) is 24.1 Å². The first-order chi connectivity index (χ1) is 17.2. The monoisotopic (exact) mass is 508 g/mol. The first kappa shape index (κ1) is 25.1. The second kappa shape index (κ2) is 10.3. The molecule has 0 saturated carbocycles. The van der Waals surface area contributed by atoms with E-state index < -0.39 is 33.8 Å². The molecule has 0 bridgehead atoms. The highest BCUT2D eigenvalue weighted by Crippen LogP contribution is 2.32. The highest BCUT2D eigenvalue weighted by atomic mass is 32.2. The summed E-state index contributed by atoms with van der Waals surface area (Å²) in [7, 11) is -2.70. The normalized spacial score (nSPS) is 15.9. The highest BCUT2D eigenvalue weighted by molar-refractivity contribution is 7.89. The van der Waals surface area contributed by atoms with Gasteiger partial charge in [-0.05, 0) is 54.1 Å². The van der Waals surface area contributed by atoms with E-state index >= 15 is 0 Å². The van der Waals surface area contributed by atoms with Crippen molar-refractivity contribution in [2.75, 3.05) is 12.0 Å². The SMILES string of the molecule is COc1ccc(S(=O)(=O)N(Cc2ccccc2)C2CC(=O)N(c3ccc(OC(C)=O)cc3)C2=O)cc1. The summed E-state index contributed by atoms with van der Waals surface area (Å²) in [6, 6.07) is 19.3. The molecule has 36 heavy (non-hydrogen) atoms. The van der Waals surface area contributed by atoms with Crippen molar-refractivity contribution in [2.45, 2.75) is 30.8 Å². The van der Waals surface area contributed by atoms with E-state index in [1.54, 1.807) is 30.3 Å². The first-order valence-corrected chi connectivity index (χ1v) is 12.5. The quantitative estimate of drug-likeness (QED) is 0.261. The van der Waals surface area contributed by atoms with Crippen molar-refractivity contribution in [3.8, 4) is 11.5 Å². The minimum atomic E-state index is -4.17. The fraction of sp³-hybridized carbons (Fsp3) is 0.192. The maximum Gasteiger partial charge on any atom is 0.308 e. The van der Waals surface area contributed by atoms with Crippen LogP contribution in [0.3, 0.4) is 0 Å². The van der Waals surface area contributed by atoms with Crippen LogP contribution in [0.4, 0.5) is 5.69 Å². The predicted octanol–water partition coefficient (Wildman–Crippen LogP) is 3.14. The van der Waals surface area contributed by atoms with E-state index in [0.29, 0.717) is 11.3 Å². The number of carbonyl (C=O) groups is 3. The third-order valence-corrected chi connectivity index (χ3v) is 7.54. The average molecular weight is 509 g/mol. The van der Waals surface area contributed by atoms with Crippen LogP contribution in [-0.4, -0.2) is 43.7 Å². The van der Waals surface area contributed by atoms with Crippen molar-refractivity contribution < 1.29 is 32.3 Å². The van der Waals surface area contributed by atoms with Gasteiger partial charge < -0.3 is 9.47 Å². The number of hydrogen-bond donors (Lipinski definition) is 0. The molecule has 0 N–H and O–H groups in total. The number of hydrogen-bond acceptors (Lipinski definition) is 7. The van der Waals surface area contributed by atoms with Crippen molar-refractivity contribution in [2.24, 2.45) is 0 Å². The lowest BCUT2D eigenvalue weighted by Crippen LogP contribution is -2.45. The van der Waals surface area contributed by atoms with E-state index in [1.807, 2.05) is 0 Å². The Morgan fingerprint density at radius 3 is 2.14 bits per heavy atom. The fourth-order valence-corrected chi connectivity index (χ4v) is 5.52. The van der Waals surface area contributed by atoms with E-state index in [2.05, 4.69) is 0 Å². The Hall–Kier alpha value is -4.02. The van der Waals surface area contributed by atoms with Crippen molar-refractivity contribution >= 4 is 33.5 Å². The molecule has 0 radical (unpaired) electrons. The summed E-state index contributed by atoms with van der Waals surface area (Å²) in [5, 5.41) is 0. The molecular weight excluding hydrogens is 484 g/mol. The van der Waals surface area contributed by atoms with Gasteiger partial charge in [-0.25, -0.2) is 13.3 Å². The number of nitrogens with zero attached hydrogens (tertiary/aromatic N) is 2. The van der Waals surface area contributed by atoms with Crippen molar-refractivity contribution in [1.82, 2.24) is 4.31 Å². The molecule has 10 heteroatoms. The Bertz CT molecular complexity index is 1370. The summed E-state index contributed by atoms with van der Waals surface area (Å²) in [5.41, 5.74) is 0.920. The minimum absolute atomic E-state index is 0.0244. The number of amides is 2. The van der Waals surface area contributed by atoms with Crippen molar-refractivity contribution in [3.63, 3.8) is 0 Å². The number of benzene rings is 3. The molecule has 4 rings (SSSR count). The van der Waals surface area contributed by atoms with Crippen LogP contribution in [0.1, 0.15) is 18.9 Å². The molecule has 1 saturated heterocycles. The largest absolute Gasteiger partial charge is 0.497 e. The molecule has 0 aliphatic carbocycles. The number of methoxy groups -OCH3 is 1. The maximum absolute atomic E-state index is 13.7. The van der Waals surface area contributed by atoms with Gasteiger partial charge in [0.2, 0.25) is 15.9 Å². The zero-order valence-corrected chi connectivity index (χ0v) is 20.5. The summed E-state index contributed by atoms with van der Waals surface area (Å²) in [6.45, 7) is 1.16. The number of carbonyl (C=O) groups excluding carboxylic acids is 3. The van der Waals surface area contributed by atoms with Crippen LogP contribution in [0.2, 0.25) is 0 Å². The fourth-order valence-electron chi connectivity index (χ4n) is 3.95. The van der Waals surface area contributed by atoms with Gasteiger partial charge in [0, 0.05) is 13.5 Å². The van der Waals surface area contributed by atoms with Gasteiger partial charge in [0.15, 0.2) is 0 Å². The molecule has 1 aliphatic heterocycles. The lowest BCUT2D eigenvalue weighted by Gasteiger charge is -2.27. The molecule has 1 aliphatic rings. The number of esters is 1. The summed E-state index contributed by atoms with van der Waals surface area (Å²) >= 11 is 0. The number of ether oxygens (including phenoxy) is 2. The summed E-state index contributed by atoms with van der Waals surface area (Å²) < 4.78 is 38.6. The Kier molecular flexibility index (Phi) is 7.18. The number of anilines is 1. The standard InChI is InChI=1S/C26H24N2O7S/c1-18(29)35-22-10-8-20(9-11-22)28-25(30)16-24(26(28)31)27(17-19-6-4-3-5-7-19)36(32,33)23-14-12-21(34-2)13-15-23/h3-15,24H,16-17H2,1-2H3. The van der Waals surface area contributed by atoms with Gasteiger partial charge in [-0.15, -0.1) is 0 Å². The minimum Gasteiger partial charge on any atom is -0.497 e. The van der Waals surface area contributed by atoms with Crippen LogP contribution in [-0.2, 0) is 31.0 Å². The van der Waals surface area contributed by atoms with E-state index in [4.69, 9.17) is 9.47 Å². The lowest BCUT2D eigenvalue weighted by molar-refractivity contribution is -0.132. The van der Waals surface area contributed by atoms with Gasteiger partial charge in [-0.3, -0.25) is 14.4 Å². The molecule has 1 unspecified atom stereocenters. The lowest BCUT2D eigenvalue weighted by atomic mass is 10.2. The molecule has 0 spiro atoms. The molecule has 2 amide bonds. The Morgan fingerprint density at radius 2 is 1.56 bits per heavy atom. The number of imide groups is 1. The third kappa shape index (κ3) is 5.14. The molecular formula is C26H24N2O7S. The second-order valence-corrected chi connectivity index (χ2v) is 9.98. The topological polar surface area (TPSA) is 110 Å². The van der Waals surface area contributed by atoms with Gasteiger partial charge in [-0.1, -0.05) is 30.3 Å². The van der Waals surface area contributed by atoms with Crippen molar-refractivity contribution in [3.05, 3.63) is 84.4 Å². The smallest absolute Gasteiger partial charge is 0.308 e. The average Bonchev–Trinajstić information content (AvgIpc) is 3.16. The summed E-state index contributed by atoms with van der Waals surface area (Å²) in [5.74, 6) is -0.952. The summed E-state index contributed by atoms with van der Waals surface area (Å²) in [4.78, 5) is 38.5. The van der Waals surface area contributed by atoms with Gasteiger partial charge in [0.1, 0.15) is 17.5 Å². The van der Waals surface area contributed by atoms with E-state index in [1.165, 1.54) is 62.6 Å². The Morgan fingerprint density at radius 1 is 0.944 bits per heavy atom. The van der Waals surface area contributed by atoms with Crippen LogP contribution in [0.15, 0.2) is 83.8 Å². The zero-order valence-electron chi connectivity index (χ0n) is 19.7. The molecule has 0 aromatic heterocycles. The first-order valence-electron chi connectivity index (χ1n) is 11.1. The Labute approximate surface area is 208 Å². The zero-order chi connectivity index (χ0) is 25.9. The van der Waals surface area contributed by atoms with Crippen LogP contribution < -0.4 is 14.4 Å². The van der Waals surface area contributed by atoms with Crippen molar-refractivity contribution in [1.29, 1.82) is 0 Å². The van der Waals surface area contributed by atoms with Crippen LogP contribution in [0.5, 0.6) is 11.5 Å². The highest BCUT2D eigenvalue weighted by Gasteiger charge is 2.47. The second-order valence-electron chi connectivity index (χ2n) is 8.09. The van der Waals surface area contributed by atoms with E-state index in [0.717, 1.165) is 9.21 Å². The molecule has 3 aromatic rings. The predicted molar refractivity (Wildman–Crippen MR) is 131 cm³/mol. The number of sulfonamides is 1. The van der Waals surface area contributed by atoms with Crippen LogP contribution >= 0.6 is 0 Å². The Balaban J connectivity index is 1.69. The van der Waals surface area contributed by atoms with Crippen LogP contribution in [0.25, 0.3) is 0 Å². The van der Waals surface area contributed by atoms with Gasteiger partial charge in [-0.2, -0.15) is 4.31 Å².